The Morgan fingerprint density at radius 1 is 1.00 bits per heavy atom. The van der Waals surface area contributed by atoms with Crippen LogP contribution in [0.1, 0.15) is 90.4 Å². The van der Waals surface area contributed by atoms with Crippen molar-refractivity contribution in [2.45, 2.75) is 90.4 Å². The average Bonchev–Trinajstić information content (AvgIpc) is 2.98. The van der Waals surface area contributed by atoms with Crippen LogP contribution in [0.15, 0.2) is 22.8 Å². The van der Waals surface area contributed by atoms with Crippen LogP contribution in [0.5, 0.6) is 0 Å². The highest BCUT2D eigenvalue weighted by atomic mass is 16.2. The van der Waals surface area contributed by atoms with E-state index in [2.05, 4.69) is 6.92 Å². The summed E-state index contributed by atoms with van der Waals surface area (Å²) in [6.45, 7) is 2.56. The van der Waals surface area contributed by atoms with Gasteiger partial charge in [0.15, 0.2) is 5.78 Å². The summed E-state index contributed by atoms with van der Waals surface area (Å²) in [5.74, 6) is 2.44. The number of Topliss-reactive ketones (excluding diaryl/α,β-unsaturated/α-hetero) is 1. The summed E-state index contributed by atoms with van der Waals surface area (Å²) in [4.78, 5) is 24.8. The van der Waals surface area contributed by atoms with Crippen LogP contribution in [-0.4, -0.2) is 23.3 Å². The van der Waals surface area contributed by atoms with E-state index in [1.54, 1.807) is 5.57 Å². The van der Waals surface area contributed by atoms with Gasteiger partial charge in [-0.1, -0.05) is 38.2 Å². The first kappa shape index (κ1) is 20.1. The Kier molecular flexibility index (Phi) is 5.92. The monoisotopic (exact) mass is 384 g/mol. The third-order valence-electron chi connectivity index (χ3n) is 8.26. The molecule has 0 saturated heterocycles. The highest BCUT2D eigenvalue weighted by Gasteiger charge is 2.55. The van der Waals surface area contributed by atoms with Gasteiger partial charge in [-0.15, -0.1) is 0 Å². The number of carbonyl (C=O) groups excluding carboxylic acids is 2. The van der Waals surface area contributed by atoms with Gasteiger partial charge in [0, 0.05) is 24.9 Å². The molecular formula is C25H36O3. The van der Waals surface area contributed by atoms with Gasteiger partial charge in [0.05, 0.1) is 0 Å². The second-order valence-corrected chi connectivity index (χ2v) is 9.88. The van der Waals surface area contributed by atoms with Gasteiger partial charge in [0.25, 0.3) is 0 Å². The van der Waals surface area contributed by atoms with Gasteiger partial charge < -0.3 is 5.11 Å². The van der Waals surface area contributed by atoms with Crippen LogP contribution in [-0.2, 0) is 9.59 Å². The highest BCUT2D eigenvalue weighted by Crippen LogP contribution is 2.61. The van der Waals surface area contributed by atoms with Gasteiger partial charge in [-0.05, 0) is 79.9 Å². The molecule has 4 aliphatic carbocycles. The topological polar surface area (TPSA) is 54.4 Å². The van der Waals surface area contributed by atoms with Crippen LogP contribution < -0.4 is 0 Å². The van der Waals surface area contributed by atoms with E-state index in [-0.39, 0.29) is 5.41 Å². The Morgan fingerprint density at radius 2 is 1.79 bits per heavy atom. The third kappa shape index (κ3) is 3.56. The summed E-state index contributed by atoms with van der Waals surface area (Å²) in [5.41, 5.74) is 4.39. The molecule has 0 spiro atoms. The summed E-state index contributed by atoms with van der Waals surface area (Å²) in [6.07, 6.45) is 15.4. The summed E-state index contributed by atoms with van der Waals surface area (Å²) in [5, 5.41) is 8.96. The molecule has 28 heavy (non-hydrogen) atoms. The predicted octanol–water partition coefficient (Wildman–Crippen LogP) is 5.32. The number of rotatable bonds is 7. The number of unbranched alkanes of at least 4 members (excludes halogenated alkanes) is 4. The fraction of sp³-hybridized carbons (Fsp3) is 0.760. The molecule has 4 atom stereocenters. The normalized spacial score (nSPS) is 34.8. The van der Waals surface area contributed by atoms with Crippen LogP contribution in [0.3, 0.4) is 0 Å². The minimum Gasteiger partial charge on any atom is -0.396 e. The van der Waals surface area contributed by atoms with Gasteiger partial charge in [-0.25, -0.2) is 0 Å². The summed E-state index contributed by atoms with van der Waals surface area (Å²) < 4.78 is 0. The van der Waals surface area contributed by atoms with Crippen molar-refractivity contribution < 1.29 is 14.7 Å². The number of fused-ring (bicyclic) bond motifs is 4. The summed E-state index contributed by atoms with van der Waals surface area (Å²) >= 11 is 0. The van der Waals surface area contributed by atoms with Crippen molar-refractivity contribution in [1.82, 2.24) is 0 Å². The fourth-order valence-corrected chi connectivity index (χ4v) is 6.89. The SMILES string of the molecule is C[C@]12C[C@H](CCCCCCCO)C3=C4CCC(=O)C=C4CC[C@H]3[C@@H]1CCC2=O. The predicted molar refractivity (Wildman–Crippen MR) is 111 cm³/mol. The first-order valence-corrected chi connectivity index (χ1v) is 11.7. The van der Waals surface area contributed by atoms with E-state index in [0.717, 1.165) is 51.4 Å². The van der Waals surface area contributed by atoms with E-state index in [4.69, 9.17) is 5.11 Å². The second-order valence-electron chi connectivity index (χ2n) is 9.88. The number of hydrogen-bond donors (Lipinski definition) is 1. The van der Waals surface area contributed by atoms with Gasteiger partial charge in [0.2, 0.25) is 0 Å². The van der Waals surface area contributed by atoms with Crippen LogP contribution in [0.2, 0.25) is 0 Å². The molecule has 0 aromatic carbocycles. The third-order valence-corrected chi connectivity index (χ3v) is 8.26. The lowest BCUT2D eigenvalue weighted by atomic mass is 9.53. The van der Waals surface area contributed by atoms with Crippen molar-refractivity contribution in [2.24, 2.45) is 23.2 Å². The van der Waals surface area contributed by atoms with Crippen molar-refractivity contribution in [3.05, 3.63) is 22.8 Å². The number of carbonyl (C=O) groups is 2. The molecule has 154 valence electrons. The van der Waals surface area contributed by atoms with E-state index in [0.29, 0.717) is 42.3 Å². The first-order chi connectivity index (χ1) is 13.5. The Labute approximate surface area is 169 Å². The minimum absolute atomic E-state index is 0.109. The fourth-order valence-electron chi connectivity index (χ4n) is 6.89. The molecule has 0 aromatic heterocycles. The standard InChI is InChI=1S/C25H36O3/c1-25-16-18(7-5-3-2-4-6-14-26)24-20-11-9-19(27)15-17(20)8-10-21(24)22(25)12-13-23(25)28/h15,18,21-22,26H,2-14,16H2,1H3/t18-,21-,22-,25-/m0/s1. The van der Waals surface area contributed by atoms with Crippen LogP contribution in [0.25, 0.3) is 0 Å². The lowest BCUT2D eigenvalue weighted by Gasteiger charge is -2.50. The molecule has 3 heteroatoms. The molecule has 2 saturated carbocycles. The average molecular weight is 385 g/mol. The van der Waals surface area contributed by atoms with Crippen LogP contribution in [0.4, 0.5) is 0 Å². The maximum absolute atomic E-state index is 12.8. The van der Waals surface area contributed by atoms with Crippen LogP contribution in [0, 0.1) is 23.2 Å². The minimum atomic E-state index is -0.109. The molecule has 0 heterocycles. The van der Waals surface area contributed by atoms with Crippen molar-refractivity contribution in [2.75, 3.05) is 6.61 Å². The summed E-state index contributed by atoms with van der Waals surface area (Å²) in [6, 6.07) is 0. The molecule has 1 N–H and O–H groups in total. The smallest absolute Gasteiger partial charge is 0.156 e. The van der Waals surface area contributed by atoms with Crippen molar-refractivity contribution in [3.63, 3.8) is 0 Å². The molecule has 0 aromatic rings. The quantitative estimate of drug-likeness (QED) is 0.604. The van der Waals surface area contributed by atoms with Crippen molar-refractivity contribution in [1.29, 1.82) is 0 Å². The zero-order valence-corrected chi connectivity index (χ0v) is 17.5. The van der Waals surface area contributed by atoms with Gasteiger partial charge >= 0.3 is 0 Å². The Hall–Kier alpha value is -1.22. The first-order valence-electron chi connectivity index (χ1n) is 11.7. The zero-order chi connectivity index (χ0) is 19.7. The maximum atomic E-state index is 12.8. The lowest BCUT2D eigenvalue weighted by molar-refractivity contribution is -0.129. The number of aliphatic hydroxyl groups is 1. The van der Waals surface area contributed by atoms with Gasteiger partial charge in [0.1, 0.15) is 5.78 Å². The van der Waals surface area contributed by atoms with E-state index in [1.165, 1.54) is 36.8 Å². The number of allylic oxidation sites excluding steroid dienone is 4. The lowest BCUT2D eigenvalue weighted by Crippen LogP contribution is -2.44. The highest BCUT2D eigenvalue weighted by molar-refractivity contribution is 5.93. The van der Waals surface area contributed by atoms with E-state index < -0.39 is 0 Å². The Bertz CT molecular complexity index is 701. The molecular weight excluding hydrogens is 348 g/mol. The largest absolute Gasteiger partial charge is 0.396 e. The number of ketones is 2. The van der Waals surface area contributed by atoms with Crippen LogP contribution >= 0.6 is 0 Å². The molecule has 4 aliphatic rings. The summed E-state index contributed by atoms with van der Waals surface area (Å²) in [7, 11) is 0. The van der Waals surface area contributed by atoms with E-state index in [9.17, 15) is 9.59 Å². The van der Waals surface area contributed by atoms with Crippen molar-refractivity contribution >= 4 is 11.6 Å². The molecule has 0 radical (unpaired) electrons. The molecule has 0 aliphatic heterocycles. The maximum Gasteiger partial charge on any atom is 0.156 e. The Balaban J connectivity index is 1.58. The van der Waals surface area contributed by atoms with E-state index in [1.807, 2.05) is 6.08 Å². The van der Waals surface area contributed by atoms with Crippen molar-refractivity contribution in [3.8, 4) is 0 Å². The number of hydrogen-bond acceptors (Lipinski definition) is 3. The Morgan fingerprint density at radius 3 is 2.61 bits per heavy atom. The molecule has 2 fully saturated rings. The zero-order valence-electron chi connectivity index (χ0n) is 17.5. The molecule has 0 amide bonds. The molecule has 0 unspecified atom stereocenters. The van der Waals surface area contributed by atoms with E-state index >= 15 is 0 Å². The molecule has 0 bridgehead atoms. The van der Waals surface area contributed by atoms with Gasteiger partial charge in [-0.2, -0.15) is 0 Å². The molecule has 3 nitrogen and oxygen atoms in total. The second kappa shape index (κ2) is 8.26. The number of aliphatic hydroxyl groups excluding tert-OH is 1. The molecule has 4 rings (SSSR count). The van der Waals surface area contributed by atoms with Gasteiger partial charge in [-0.3, -0.25) is 9.59 Å².